The molecule has 128 valence electrons. The van der Waals surface area contributed by atoms with Gasteiger partial charge in [-0.15, -0.1) is 0 Å². The van der Waals surface area contributed by atoms with Crippen LogP contribution in [0.5, 0.6) is 5.88 Å². The minimum Gasteiger partial charge on any atom is -0.492 e. The van der Waals surface area contributed by atoms with Crippen molar-refractivity contribution in [1.82, 2.24) is 19.5 Å². The Balaban J connectivity index is 1.74. The van der Waals surface area contributed by atoms with E-state index in [1.165, 1.54) is 12.7 Å². The van der Waals surface area contributed by atoms with Crippen LogP contribution in [-0.2, 0) is 20.1 Å². The van der Waals surface area contributed by atoms with Crippen molar-refractivity contribution in [2.75, 3.05) is 6.61 Å². The Labute approximate surface area is 133 Å². The molecule has 0 aromatic carbocycles. The normalized spacial score (nSPS) is 25.3. The van der Waals surface area contributed by atoms with Gasteiger partial charge in [-0.25, -0.2) is 9.97 Å². The van der Waals surface area contributed by atoms with Gasteiger partial charge in [0.25, 0.3) is 6.72 Å². The molecule has 0 saturated carbocycles. The average Bonchev–Trinajstić information content (AvgIpc) is 3.03. The minimum absolute atomic E-state index is 0.129. The maximum absolute atomic E-state index is 10.0. The third kappa shape index (κ3) is 3.70. The van der Waals surface area contributed by atoms with Crippen molar-refractivity contribution in [3.63, 3.8) is 0 Å². The van der Waals surface area contributed by atoms with Crippen LogP contribution in [-0.4, -0.2) is 63.2 Å². The number of ether oxygens (including phenoxy) is 1. The highest BCUT2D eigenvalue weighted by atomic mass is 32.5. The van der Waals surface area contributed by atoms with Gasteiger partial charge in [-0.3, -0.25) is 4.57 Å². The lowest BCUT2D eigenvalue weighted by Crippen LogP contribution is -2.25. The maximum atomic E-state index is 10.0. The molecule has 0 radical (unpaired) electrons. The topological polar surface area (TPSA) is 163 Å². The van der Waals surface area contributed by atoms with E-state index in [2.05, 4.69) is 15.0 Å². The van der Waals surface area contributed by atoms with Gasteiger partial charge in [0.05, 0.1) is 19.0 Å². The summed E-state index contributed by atoms with van der Waals surface area (Å²) in [6.07, 6.45) is 0.696. The monoisotopic (exact) mass is 366 g/mol. The molecule has 0 bridgehead atoms. The highest BCUT2D eigenvalue weighted by Crippen LogP contribution is 2.34. The molecule has 0 aliphatic carbocycles. The van der Waals surface area contributed by atoms with Crippen molar-refractivity contribution in [3.8, 4) is 5.88 Å². The van der Waals surface area contributed by atoms with E-state index in [-0.39, 0.29) is 35.6 Å². The standard InChI is InChI=1S/C10H15N4O7PS/c15-5-1-7(21-6(5)2-20-23-22(17,18)19)14-4-13-8-9(14)11-3-12-10(8)16/h3-7,15,17-19,23H,1-2H2,(H,11,12,16)/t5-,6+,7+/m0/s1. The van der Waals surface area contributed by atoms with Gasteiger partial charge in [0, 0.05) is 6.42 Å². The fourth-order valence-electron chi connectivity index (χ4n) is 2.27. The number of aliphatic hydroxyl groups excluding tert-OH is 1. The summed E-state index contributed by atoms with van der Waals surface area (Å²) in [5.74, 6) is -0.250. The van der Waals surface area contributed by atoms with Gasteiger partial charge in [0.1, 0.15) is 18.7 Å². The molecule has 1 saturated heterocycles. The minimum atomic E-state index is -4.04. The Bertz CT molecular complexity index is 756. The molecule has 5 N–H and O–H groups in total. The van der Waals surface area contributed by atoms with Crippen LogP contribution in [0.25, 0.3) is 11.2 Å². The molecule has 1 aliphatic rings. The predicted octanol–water partition coefficient (Wildman–Crippen LogP) is -1.42. The number of aliphatic hydroxyl groups is 1. The van der Waals surface area contributed by atoms with Gasteiger partial charge < -0.3 is 33.8 Å². The van der Waals surface area contributed by atoms with E-state index >= 15 is 0 Å². The van der Waals surface area contributed by atoms with Gasteiger partial charge in [-0.2, -0.15) is 4.98 Å². The molecule has 2 aromatic heterocycles. The Kier molecular flexibility index (Phi) is 4.67. The van der Waals surface area contributed by atoms with E-state index < -0.39 is 25.2 Å². The molecule has 0 unspecified atom stereocenters. The summed E-state index contributed by atoms with van der Waals surface area (Å²) >= 11 is -0.371. The number of hydrogen-bond acceptors (Lipinski definition) is 7. The number of nitrogens with zero attached hydrogens (tertiary/aromatic N) is 4. The second kappa shape index (κ2) is 6.42. The first-order valence-corrected chi connectivity index (χ1v) is 9.63. The number of imidazole rings is 1. The van der Waals surface area contributed by atoms with Crippen LogP contribution in [0.15, 0.2) is 12.7 Å². The zero-order valence-electron chi connectivity index (χ0n) is 11.5. The summed E-state index contributed by atoms with van der Waals surface area (Å²) in [6, 6.07) is 0. The molecule has 1 aliphatic heterocycles. The fourth-order valence-corrected chi connectivity index (χ4v) is 3.30. The molecule has 1 fully saturated rings. The molecule has 11 nitrogen and oxygen atoms in total. The molecule has 3 atom stereocenters. The molecule has 2 aromatic rings. The average molecular weight is 366 g/mol. The van der Waals surface area contributed by atoms with Crippen molar-refractivity contribution in [2.24, 2.45) is 0 Å². The lowest BCUT2D eigenvalue weighted by Gasteiger charge is -2.15. The van der Waals surface area contributed by atoms with E-state index in [1.54, 1.807) is 4.57 Å². The smallest absolute Gasteiger partial charge is 0.299 e. The second-order valence-electron chi connectivity index (χ2n) is 4.87. The molecule has 13 heteroatoms. The number of thiol groups is 1. The summed E-state index contributed by atoms with van der Waals surface area (Å²) in [7, 11) is 0. The molecular formula is C10H15N4O7PS. The molecule has 3 rings (SSSR count). The lowest BCUT2D eigenvalue weighted by atomic mass is 10.2. The number of aromatic hydroxyl groups is 1. The highest BCUT2D eigenvalue weighted by molar-refractivity contribution is 8.13. The number of hydrogen-bond donors (Lipinski definition) is 6. The number of aromatic nitrogens is 4. The van der Waals surface area contributed by atoms with Crippen LogP contribution < -0.4 is 0 Å². The molecule has 0 amide bonds. The zero-order chi connectivity index (χ0) is 16.6. The van der Waals surface area contributed by atoms with Gasteiger partial charge in [-0.1, -0.05) is 0 Å². The number of fused-ring (bicyclic) bond motifs is 1. The zero-order valence-corrected chi connectivity index (χ0v) is 13.3. The summed E-state index contributed by atoms with van der Waals surface area (Å²) < 4.78 is 12.1. The third-order valence-electron chi connectivity index (χ3n) is 3.26. The van der Waals surface area contributed by atoms with Crippen LogP contribution in [0.2, 0.25) is 0 Å². The van der Waals surface area contributed by atoms with E-state index in [0.29, 0.717) is 5.65 Å². The summed E-state index contributed by atoms with van der Waals surface area (Å²) in [6.45, 7) is -4.17. The van der Waals surface area contributed by atoms with Crippen molar-refractivity contribution in [2.45, 2.75) is 24.9 Å². The van der Waals surface area contributed by atoms with Gasteiger partial charge in [0.15, 0.2) is 11.2 Å². The van der Waals surface area contributed by atoms with E-state index in [0.717, 1.165) is 0 Å². The van der Waals surface area contributed by atoms with Crippen molar-refractivity contribution >= 4 is 29.1 Å². The van der Waals surface area contributed by atoms with Crippen LogP contribution >= 0.6 is 6.72 Å². The molecule has 3 heterocycles. The van der Waals surface area contributed by atoms with Gasteiger partial charge in [-0.05, 0) is 11.2 Å². The maximum Gasteiger partial charge on any atom is 0.299 e. The van der Waals surface area contributed by atoms with Crippen LogP contribution in [0.4, 0.5) is 0 Å². The van der Waals surface area contributed by atoms with E-state index in [9.17, 15) is 10.2 Å². The largest absolute Gasteiger partial charge is 0.492 e. The summed E-state index contributed by atoms with van der Waals surface area (Å²) in [5.41, 5.74) is 0.583. The SMILES string of the molecule is Oc1ncnc2c1ncn2[C@H]1C[C@H](O)[C@@H](CO[SH]=P(O)(O)O)O1. The highest BCUT2D eigenvalue weighted by Gasteiger charge is 2.36. The lowest BCUT2D eigenvalue weighted by molar-refractivity contribution is -0.0350. The summed E-state index contributed by atoms with van der Waals surface area (Å²) in [4.78, 5) is 38.2. The second-order valence-corrected chi connectivity index (χ2v) is 8.46. The Morgan fingerprint density at radius 3 is 2.87 bits per heavy atom. The van der Waals surface area contributed by atoms with E-state index in [1.807, 2.05) is 0 Å². The predicted molar refractivity (Wildman–Crippen MR) is 79.8 cm³/mol. The van der Waals surface area contributed by atoms with Crippen molar-refractivity contribution in [3.05, 3.63) is 12.7 Å². The molecule has 0 spiro atoms. The molecular weight excluding hydrogens is 351 g/mol. The Morgan fingerprint density at radius 2 is 2.13 bits per heavy atom. The van der Waals surface area contributed by atoms with Gasteiger partial charge in [0.2, 0.25) is 5.88 Å². The number of rotatable bonds is 4. The van der Waals surface area contributed by atoms with Crippen molar-refractivity contribution < 1.29 is 33.8 Å². The fraction of sp³-hybridized carbons (Fsp3) is 0.500. The van der Waals surface area contributed by atoms with Gasteiger partial charge >= 0.3 is 0 Å². The van der Waals surface area contributed by atoms with Crippen molar-refractivity contribution in [1.29, 1.82) is 0 Å². The Morgan fingerprint density at radius 1 is 1.35 bits per heavy atom. The molecule has 23 heavy (non-hydrogen) atoms. The van der Waals surface area contributed by atoms with Crippen LogP contribution in [0.3, 0.4) is 0 Å². The third-order valence-corrected chi connectivity index (χ3v) is 4.75. The first kappa shape index (κ1) is 16.7. The van der Waals surface area contributed by atoms with E-state index in [4.69, 9.17) is 23.6 Å². The van der Waals surface area contributed by atoms with Crippen LogP contribution in [0, 0.1) is 0 Å². The Hall–Kier alpha value is -1.11. The first-order valence-electron chi connectivity index (χ1n) is 6.47. The first-order chi connectivity index (χ1) is 10.8. The summed E-state index contributed by atoms with van der Waals surface area (Å²) in [5, 5.41) is 19.6. The quantitative estimate of drug-likeness (QED) is 0.280. The van der Waals surface area contributed by atoms with Crippen LogP contribution in [0.1, 0.15) is 12.6 Å².